The van der Waals surface area contributed by atoms with Gasteiger partial charge < -0.3 is 9.80 Å². The van der Waals surface area contributed by atoms with Crippen LogP contribution in [0.25, 0.3) is 46.6 Å². The molecule has 342 valence electrons. The van der Waals surface area contributed by atoms with Crippen molar-refractivity contribution in [2.45, 2.75) is 66.2 Å². The van der Waals surface area contributed by atoms with Crippen LogP contribution < -0.4 is 9.80 Å². The van der Waals surface area contributed by atoms with Crippen molar-refractivity contribution in [1.29, 1.82) is 0 Å². The Kier molecular flexibility index (Phi) is 11.1. The first kappa shape index (κ1) is 44.5. The van der Waals surface area contributed by atoms with E-state index in [1.807, 2.05) is 6.20 Å². The minimum atomic E-state index is -0.170. The Hall–Kier alpha value is -8.01. The Morgan fingerprint density at radius 3 is 0.971 bits per heavy atom. The summed E-state index contributed by atoms with van der Waals surface area (Å²) in [7, 11) is 0. The molecule has 2 aliphatic carbocycles. The number of anilines is 6. The summed E-state index contributed by atoms with van der Waals surface area (Å²) >= 11 is 0. The number of hydrogen-bond donors (Lipinski definition) is 0. The van der Waals surface area contributed by atoms with Crippen molar-refractivity contribution in [3.63, 3.8) is 0 Å². The van der Waals surface area contributed by atoms with Gasteiger partial charge in [0.1, 0.15) is 0 Å². The number of benzene rings is 8. The summed E-state index contributed by atoms with van der Waals surface area (Å²) in [5, 5.41) is 0. The van der Waals surface area contributed by atoms with Gasteiger partial charge in [-0.1, -0.05) is 171 Å². The largest absolute Gasteiger partial charge is 0.310 e. The van der Waals surface area contributed by atoms with Crippen LogP contribution in [0.4, 0.5) is 34.1 Å². The van der Waals surface area contributed by atoms with Crippen LogP contribution in [0.3, 0.4) is 0 Å². The number of pyridine rings is 1. The van der Waals surface area contributed by atoms with Crippen LogP contribution in [0.2, 0.25) is 0 Å². The molecule has 0 amide bonds. The molecule has 0 fully saturated rings. The van der Waals surface area contributed by atoms with E-state index in [0.29, 0.717) is 0 Å². The lowest BCUT2D eigenvalue weighted by atomic mass is 9.81. The van der Waals surface area contributed by atoms with Crippen LogP contribution in [0, 0.1) is 27.7 Å². The van der Waals surface area contributed by atoms with Crippen molar-refractivity contribution in [3.05, 3.63) is 255 Å². The van der Waals surface area contributed by atoms with Crippen molar-refractivity contribution in [2.75, 3.05) is 9.80 Å². The zero-order valence-corrected chi connectivity index (χ0v) is 41.5. The third kappa shape index (κ3) is 8.16. The minimum Gasteiger partial charge on any atom is -0.310 e. The number of nitrogens with zero attached hydrogens (tertiary/aromatic N) is 3. The quantitative estimate of drug-likeness (QED) is 0.136. The fourth-order valence-corrected chi connectivity index (χ4v) is 10.6. The molecule has 2 aliphatic rings. The molecule has 1 heterocycles. The standard InChI is InChI=1S/C67H59N3/c1-44-9-25-52(26-10-44)69(53-27-11-45(2)12-28-53)56-33-37-60-58-35-21-48(39-62(58)66(5,6)64(60)41-56)17-18-50-20-24-51(68-43-50)23-19-49-22-36-59-61-38-34-57(42-65(61)67(7,8)63(59)40-49)70(54-29-13-46(3)14-30-54)55-31-15-47(4)16-32-55/h9-43H,1-8H3. The fourth-order valence-electron chi connectivity index (χ4n) is 10.6. The van der Waals surface area contributed by atoms with E-state index in [1.54, 1.807) is 0 Å². The number of aryl methyl sites for hydroxylation is 4. The highest BCUT2D eigenvalue weighted by molar-refractivity contribution is 5.89. The minimum absolute atomic E-state index is 0.167. The first-order valence-electron chi connectivity index (χ1n) is 24.6. The second kappa shape index (κ2) is 17.5. The molecule has 0 radical (unpaired) electrons. The summed E-state index contributed by atoms with van der Waals surface area (Å²) in [4.78, 5) is 9.60. The molecule has 0 spiro atoms. The molecule has 9 aromatic rings. The van der Waals surface area contributed by atoms with Gasteiger partial charge in [0.05, 0.1) is 5.69 Å². The van der Waals surface area contributed by atoms with Gasteiger partial charge in [-0.05, 0) is 174 Å². The average molecular weight is 906 g/mol. The van der Waals surface area contributed by atoms with Crippen LogP contribution in [-0.4, -0.2) is 4.98 Å². The van der Waals surface area contributed by atoms with Gasteiger partial charge in [-0.25, -0.2) is 0 Å². The second-order valence-corrected chi connectivity index (χ2v) is 20.5. The van der Waals surface area contributed by atoms with E-state index in [0.717, 1.165) is 45.4 Å². The van der Waals surface area contributed by atoms with E-state index >= 15 is 0 Å². The van der Waals surface area contributed by atoms with E-state index in [1.165, 1.54) is 77.9 Å². The summed E-state index contributed by atoms with van der Waals surface area (Å²) in [5.74, 6) is 0. The predicted octanol–water partition coefficient (Wildman–Crippen LogP) is 18.2. The Morgan fingerprint density at radius 2 is 0.614 bits per heavy atom. The lowest BCUT2D eigenvalue weighted by Gasteiger charge is -2.28. The zero-order chi connectivity index (χ0) is 48.3. The zero-order valence-electron chi connectivity index (χ0n) is 41.5. The van der Waals surface area contributed by atoms with E-state index in [9.17, 15) is 0 Å². The maximum absolute atomic E-state index is 4.86. The Labute approximate surface area is 414 Å². The Bertz CT molecular complexity index is 3150. The van der Waals surface area contributed by atoms with Gasteiger partial charge >= 0.3 is 0 Å². The molecule has 0 saturated heterocycles. The summed E-state index contributed by atoms with van der Waals surface area (Å²) in [6, 6.07) is 67.3. The van der Waals surface area contributed by atoms with Crippen LogP contribution in [0.15, 0.2) is 188 Å². The average Bonchev–Trinajstić information content (AvgIpc) is 3.73. The number of rotatable bonds is 10. The van der Waals surface area contributed by atoms with Crippen LogP contribution in [0.1, 0.15) is 94.6 Å². The highest BCUT2D eigenvalue weighted by Gasteiger charge is 2.37. The third-order valence-corrected chi connectivity index (χ3v) is 14.8. The molecule has 8 aromatic carbocycles. The van der Waals surface area contributed by atoms with Crippen molar-refractivity contribution in [2.24, 2.45) is 0 Å². The number of aromatic nitrogens is 1. The molecule has 3 heteroatoms. The smallest absolute Gasteiger partial charge is 0.0630 e. The molecule has 0 aliphatic heterocycles. The molecule has 11 rings (SSSR count). The summed E-state index contributed by atoms with van der Waals surface area (Å²) in [5.41, 5.74) is 26.6. The molecule has 0 unspecified atom stereocenters. The first-order valence-corrected chi connectivity index (χ1v) is 24.6. The summed E-state index contributed by atoms with van der Waals surface area (Å²) < 4.78 is 0. The van der Waals surface area contributed by atoms with Gasteiger partial charge in [-0.15, -0.1) is 0 Å². The Balaban J connectivity index is 0.797. The van der Waals surface area contributed by atoms with Crippen molar-refractivity contribution >= 4 is 58.4 Å². The van der Waals surface area contributed by atoms with Crippen molar-refractivity contribution in [1.82, 2.24) is 4.98 Å². The lowest BCUT2D eigenvalue weighted by molar-refractivity contribution is 0.660. The molecular formula is C67H59N3. The molecule has 70 heavy (non-hydrogen) atoms. The van der Waals surface area contributed by atoms with Gasteiger partial charge in [-0.2, -0.15) is 0 Å². The highest BCUT2D eigenvalue weighted by atomic mass is 15.1. The molecule has 0 saturated carbocycles. The molecule has 0 bridgehead atoms. The topological polar surface area (TPSA) is 19.4 Å². The van der Waals surface area contributed by atoms with Gasteiger partial charge in [0.15, 0.2) is 0 Å². The van der Waals surface area contributed by atoms with Crippen molar-refractivity contribution < 1.29 is 0 Å². The fraction of sp³-hybridized carbons (Fsp3) is 0.149. The van der Waals surface area contributed by atoms with Gasteiger partial charge in [-0.3, -0.25) is 4.98 Å². The van der Waals surface area contributed by atoms with Gasteiger partial charge in [0, 0.05) is 51.2 Å². The van der Waals surface area contributed by atoms with Crippen molar-refractivity contribution in [3.8, 4) is 22.3 Å². The normalized spacial score (nSPS) is 13.8. The second-order valence-electron chi connectivity index (χ2n) is 20.5. The number of hydrogen-bond acceptors (Lipinski definition) is 3. The van der Waals surface area contributed by atoms with E-state index in [4.69, 9.17) is 4.98 Å². The monoisotopic (exact) mass is 905 g/mol. The van der Waals surface area contributed by atoms with E-state index < -0.39 is 0 Å². The predicted molar refractivity (Wildman–Crippen MR) is 298 cm³/mol. The van der Waals surface area contributed by atoms with E-state index in [2.05, 4.69) is 271 Å². The number of fused-ring (bicyclic) bond motifs is 6. The summed E-state index contributed by atoms with van der Waals surface area (Å²) in [6.45, 7) is 18.0. The first-order chi connectivity index (χ1) is 33.8. The van der Waals surface area contributed by atoms with Crippen LogP contribution in [-0.2, 0) is 10.8 Å². The lowest BCUT2D eigenvalue weighted by Crippen LogP contribution is -2.16. The molecule has 3 nitrogen and oxygen atoms in total. The van der Waals surface area contributed by atoms with Crippen LogP contribution in [0.5, 0.6) is 0 Å². The molecule has 1 aromatic heterocycles. The highest BCUT2D eigenvalue weighted by Crippen LogP contribution is 2.53. The Morgan fingerprint density at radius 1 is 0.314 bits per heavy atom. The molecular weight excluding hydrogens is 847 g/mol. The SMILES string of the molecule is Cc1ccc(N(c2ccc(C)cc2)c2ccc3c(c2)C(C)(C)c2cc(C=Cc4ccc(C=Cc5ccc6c(c5)C(C)(C)c5cc(N(c7ccc(C)cc7)c7ccc(C)cc7)ccc5-6)nc4)ccc2-3)cc1. The van der Waals surface area contributed by atoms with Crippen LogP contribution >= 0.6 is 0 Å². The maximum atomic E-state index is 4.86. The van der Waals surface area contributed by atoms with Gasteiger partial charge in [0.2, 0.25) is 0 Å². The maximum Gasteiger partial charge on any atom is 0.0630 e. The van der Waals surface area contributed by atoms with E-state index in [-0.39, 0.29) is 10.8 Å². The summed E-state index contributed by atoms with van der Waals surface area (Å²) in [6.07, 6.45) is 10.7. The third-order valence-electron chi connectivity index (χ3n) is 14.8. The van der Waals surface area contributed by atoms with Gasteiger partial charge in [0.25, 0.3) is 0 Å². The molecule has 0 atom stereocenters. The molecule has 0 N–H and O–H groups in total.